The first kappa shape index (κ1) is 16.4. The monoisotopic (exact) mass is 330 g/mol. The second-order valence-electron chi connectivity index (χ2n) is 6.15. The van der Waals surface area contributed by atoms with Crippen molar-refractivity contribution in [1.29, 1.82) is 0 Å². The van der Waals surface area contributed by atoms with Gasteiger partial charge in [0, 0.05) is 38.3 Å². The summed E-state index contributed by atoms with van der Waals surface area (Å²) in [6.07, 6.45) is 3.90. The Morgan fingerprint density at radius 1 is 1.50 bits per heavy atom. The van der Waals surface area contributed by atoms with Gasteiger partial charge in [-0.2, -0.15) is 0 Å². The number of nitrogens with one attached hydrogen (secondary N) is 1. The van der Waals surface area contributed by atoms with E-state index in [1.165, 1.54) is 0 Å². The number of aliphatic hydroxyl groups is 1. The van der Waals surface area contributed by atoms with Gasteiger partial charge in [-0.25, -0.2) is 4.98 Å². The summed E-state index contributed by atoms with van der Waals surface area (Å²) in [7, 11) is 0. The number of hydrogen-bond donors (Lipinski definition) is 2. The molecule has 3 heterocycles. The molecule has 3 rings (SSSR count). The molecule has 1 amide bonds. The highest BCUT2D eigenvalue weighted by molar-refractivity contribution is 5.92. The lowest BCUT2D eigenvalue weighted by Gasteiger charge is -2.39. The molecular formula is C17H22N4O3. The number of carbonyl (C=O) groups excluding carboxylic acids is 1. The number of piperidine rings is 1. The maximum Gasteiger partial charge on any atom is 0.273 e. The molecule has 1 aliphatic heterocycles. The van der Waals surface area contributed by atoms with E-state index in [0.717, 1.165) is 18.8 Å². The summed E-state index contributed by atoms with van der Waals surface area (Å²) < 4.78 is 5.04. The van der Waals surface area contributed by atoms with Crippen LogP contribution < -0.4 is 10.2 Å². The zero-order valence-electron chi connectivity index (χ0n) is 13.7. The van der Waals surface area contributed by atoms with E-state index in [4.69, 9.17) is 4.52 Å². The number of rotatable bonds is 5. The smallest absolute Gasteiger partial charge is 0.273 e. The molecule has 0 aromatic carbocycles. The summed E-state index contributed by atoms with van der Waals surface area (Å²) in [6.45, 7) is 3.38. The third-order valence-corrected chi connectivity index (χ3v) is 4.25. The normalized spacial score (nSPS) is 20.8. The van der Waals surface area contributed by atoms with Crippen LogP contribution in [0.5, 0.6) is 0 Å². The Balaban J connectivity index is 1.60. The Morgan fingerprint density at radius 2 is 2.38 bits per heavy atom. The molecule has 24 heavy (non-hydrogen) atoms. The molecule has 0 saturated carbocycles. The van der Waals surface area contributed by atoms with E-state index in [0.29, 0.717) is 25.1 Å². The average molecular weight is 330 g/mol. The standard InChI is InChI=1S/C17H22N4O3/c1-2-13-10-14(20-24-13)16(22)19-11-17(23)7-5-9-21(12-17)15-6-3-4-8-18-15/h3-4,6,8,10,23H,2,5,7,9,11-12H2,1H3,(H,19,22)/t17-/m1/s1. The fourth-order valence-electron chi connectivity index (χ4n) is 2.91. The number of nitrogens with zero attached hydrogens (tertiary/aromatic N) is 3. The number of β-amino-alcohol motifs (C(OH)–C–C–N with tert-alkyl or cyclic N) is 1. The summed E-state index contributed by atoms with van der Waals surface area (Å²) in [6, 6.07) is 7.34. The van der Waals surface area contributed by atoms with Gasteiger partial charge in [-0.1, -0.05) is 18.1 Å². The van der Waals surface area contributed by atoms with E-state index in [1.807, 2.05) is 30.0 Å². The summed E-state index contributed by atoms with van der Waals surface area (Å²) in [5, 5.41) is 17.3. The first-order chi connectivity index (χ1) is 11.6. The van der Waals surface area contributed by atoms with Crippen LogP contribution in [-0.2, 0) is 6.42 Å². The number of anilines is 1. The molecule has 1 atom stereocenters. The van der Waals surface area contributed by atoms with Crippen molar-refractivity contribution in [3.05, 3.63) is 41.9 Å². The maximum absolute atomic E-state index is 12.1. The summed E-state index contributed by atoms with van der Waals surface area (Å²) in [4.78, 5) is 18.5. The third-order valence-electron chi connectivity index (χ3n) is 4.25. The maximum atomic E-state index is 12.1. The van der Waals surface area contributed by atoms with Crippen molar-refractivity contribution in [2.24, 2.45) is 0 Å². The highest BCUT2D eigenvalue weighted by atomic mass is 16.5. The Bertz CT molecular complexity index is 688. The molecule has 1 aliphatic rings. The molecule has 1 fully saturated rings. The second kappa shape index (κ2) is 7.00. The van der Waals surface area contributed by atoms with Crippen molar-refractivity contribution in [1.82, 2.24) is 15.5 Å². The topological polar surface area (TPSA) is 91.5 Å². The molecule has 0 spiro atoms. The molecular weight excluding hydrogens is 308 g/mol. The fourth-order valence-corrected chi connectivity index (χ4v) is 2.91. The van der Waals surface area contributed by atoms with Gasteiger partial charge in [-0.3, -0.25) is 4.79 Å². The van der Waals surface area contributed by atoms with Crippen LogP contribution in [0.3, 0.4) is 0 Å². The molecule has 2 aromatic rings. The zero-order chi connectivity index (χ0) is 17.0. The van der Waals surface area contributed by atoms with Crippen LogP contribution in [-0.4, -0.2) is 46.4 Å². The van der Waals surface area contributed by atoms with Gasteiger partial charge in [0.05, 0.1) is 5.60 Å². The summed E-state index contributed by atoms with van der Waals surface area (Å²) >= 11 is 0. The second-order valence-corrected chi connectivity index (χ2v) is 6.15. The van der Waals surface area contributed by atoms with Crippen molar-refractivity contribution in [2.45, 2.75) is 31.8 Å². The van der Waals surface area contributed by atoms with Crippen molar-refractivity contribution in [3.63, 3.8) is 0 Å². The molecule has 0 bridgehead atoms. The van der Waals surface area contributed by atoms with Gasteiger partial charge in [-0.05, 0) is 25.0 Å². The lowest BCUT2D eigenvalue weighted by molar-refractivity contribution is 0.0253. The van der Waals surface area contributed by atoms with Crippen LogP contribution in [0.2, 0.25) is 0 Å². The summed E-state index contributed by atoms with van der Waals surface area (Å²) in [5.74, 6) is 1.17. The van der Waals surface area contributed by atoms with Crippen molar-refractivity contribution in [2.75, 3.05) is 24.5 Å². The van der Waals surface area contributed by atoms with Crippen LogP contribution in [0.25, 0.3) is 0 Å². The Morgan fingerprint density at radius 3 is 3.08 bits per heavy atom. The summed E-state index contributed by atoms with van der Waals surface area (Å²) in [5.41, 5.74) is -0.740. The predicted molar refractivity (Wildman–Crippen MR) is 88.8 cm³/mol. The number of carbonyl (C=O) groups is 1. The third kappa shape index (κ3) is 3.73. The van der Waals surface area contributed by atoms with Crippen LogP contribution >= 0.6 is 0 Å². The molecule has 2 N–H and O–H groups in total. The highest BCUT2D eigenvalue weighted by Crippen LogP contribution is 2.24. The van der Waals surface area contributed by atoms with Crippen LogP contribution in [0.4, 0.5) is 5.82 Å². The molecule has 2 aromatic heterocycles. The van der Waals surface area contributed by atoms with E-state index >= 15 is 0 Å². The predicted octanol–water partition coefficient (Wildman–Crippen LogP) is 1.39. The number of hydrogen-bond acceptors (Lipinski definition) is 6. The van der Waals surface area contributed by atoms with E-state index in [-0.39, 0.29) is 18.1 Å². The van der Waals surface area contributed by atoms with Gasteiger partial charge in [0.25, 0.3) is 5.91 Å². The van der Waals surface area contributed by atoms with Crippen LogP contribution in [0.15, 0.2) is 35.0 Å². The molecule has 0 unspecified atom stereocenters. The Kier molecular flexibility index (Phi) is 4.80. The van der Waals surface area contributed by atoms with Crippen molar-refractivity contribution in [3.8, 4) is 0 Å². The molecule has 0 aliphatic carbocycles. The lowest BCUT2D eigenvalue weighted by atomic mass is 9.92. The van der Waals surface area contributed by atoms with E-state index in [2.05, 4.69) is 15.5 Å². The van der Waals surface area contributed by atoms with Crippen molar-refractivity contribution >= 4 is 11.7 Å². The Hall–Kier alpha value is -2.41. The van der Waals surface area contributed by atoms with Crippen LogP contribution in [0.1, 0.15) is 36.0 Å². The zero-order valence-corrected chi connectivity index (χ0v) is 13.7. The average Bonchev–Trinajstić information content (AvgIpc) is 3.10. The number of amides is 1. The number of aromatic nitrogens is 2. The van der Waals surface area contributed by atoms with Gasteiger partial charge >= 0.3 is 0 Å². The van der Waals surface area contributed by atoms with Gasteiger partial charge in [0.15, 0.2) is 5.69 Å². The minimum absolute atomic E-state index is 0.170. The van der Waals surface area contributed by atoms with E-state index < -0.39 is 5.60 Å². The minimum Gasteiger partial charge on any atom is -0.386 e. The highest BCUT2D eigenvalue weighted by Gasteiger charge is 2.34. The lowest BCUT2D eigenvalue weighted by Crippen LogP contribution is -2.54. The Labute approximate surface area is 140 Å². The van der Waals surface area contributed by atoms with Gasteiger partial charge in [0.2, 0.25) is 0 Å². The molecule has 128 valence electrons. The first-order valence-electron chi connectivity index (χ1n) is 8.22. The van der Waals surface area contributed by atoms with Gasteiger partial charge in [-0.15, -0.1) is 0 Å². The van der Waals surface area contributed by atoms with E-state index in [9.17, 15) is 9.90 Å². The minimum atomic E-state index is -0.983. The fraction of sp³-hybridized carbons (Fsp3) is 0.471. The largest absolute Gasteiger partial charge is 0.386 e. The molecule has 0 radical (unpaired) electrons. The van der Waals surface area contributed by atoms with Crippen molar-refractivity contribution < 1.29 is 14.4 Å². The van der Waals surface area contributed by atoms with Gasteiger partial charge in [0.1, 0.15) is 11.6 Å². The molecule has 1 saturated heterocycles. The SMILES string of the molecule is CCc1cc(C(=O)NC[C@]2(O)CCCN(c3ccccn3)C2)no1. The molecule has 7 heteroatoms. The van der Waals surface area contributed by atoms with Crippen LogP contribution in [0, 0.1) is 0 Å². The number of pyridine rings is 1. The van der Waals surface area contributed by atoms with Gasteiger partial charge < -0.3 is 19.8 Å². The first-order valence-corrected chi connectivity index (χ1v) is 8.22. The van der Waals surface area contributed by atoms with E-state index in [1.54, 1.807) is 12.3 Å². The number of aryl methyl sites for hydroxylation is 1. The molecule has 7 nitrogen and oxygen atoms in total. The quantitative estimate of drug-likeness (QED) is 0.861.